The van der Waals surface area contributed by atoms with Crippen molar-refractivity contribution in [3.63, 3.8) is 0 Å². The van der Waals surface area contributed by atoms with E-state index < -0.39 is 0 Å². The van der Waals surface area contributed by atoms with Crippen molar-refractivity contribution in [1.82, 2.24) is 30.4 Å². The number of methoxy groups -OCH3 is 1. The third kappa shape index (κ3) is 6.06. The molecule has 1 unspecified atom stereocenters. The second-order valence-corrected chi connectivity index (χ2v) is 7.70. The Morgan fingerprint density at radius 2 is 2.09 bits per heavy atom. The standard InChI is InChI=1S/C22H29N7O2.HI/c1-15-4-6-16(7-5-15)21-25-18(13-31-21)10-11-24-22(23-2)26-17-8-9-20-27-19(14-30-3)28-29(20)12-17;/h4-7,13,17H,8-12,14H2,1-3H3,(H2,23,24,26);1H. The third-order valence-electron chi connectivity index (χ3n) is 5.26. The molecule has 10 heteroatoms. The van der Waals surface area contributed by atoms with Crippen LogP contribution in [0.15, 0.2) is 39.9 Å². The first-order chi connectivity index (χ1) is 15.1. The molecule has 0 fully saturated rings. The van der Waals surface area contributed by atoms with Crippen molar-refractivity contribution in [2.45, 2.75) is 45.4 Å². The highest BCUT2D eigenvalue weighted by Gasteiger charge is 2.22. The summed E-state index contributed by atoms with van der Waals surface area (Å²) in [7, 11) is 3.43. The maximum atomic E-state index is 5.64. The van der Waals surface area contributed by atoms with Gasteiger partial charge in [0.25, 0.3) is 0 Å². The Balaban J connectivity index is 0.00000289. The summed E-state index contributed by atoms with van der Waals surface area (Å²) in [6.07, 6.45) is 4.33. The summed E-state index contributed by atoms with van der Waals surface area (Å²) in [6.45, 7) is 3.97. The summed E-state index contributed by atoms with van der Waals surface area (Å²) in [5.74, 6) is 3.17. The number of benzene rings is 1. The number of nitrogens with one attached hydrogen (secondary N) is 2. The van der Waals surface area contributed by atoms with Crippen molar-refractivity contribution in [2.75, 3.05) is 20.7 Å². The van der Waals surface area contributed by atoms with Gasteiger partial charge in [-0.15, -0.1) is 24.0 Å². The molecular formula is C22H30IN7O2. The number of aromatic nitrogens is 4. The van der Waals surface area contributed by atoms with E-state index >= 15 is 0 Å². The third-order valence-corrected chi connectivity index (χ3v) is 5.26. The van der Waals surface area contributed by atoms with Gasteiger partial charge in [0.1, 0.15) is 18.7 Å². The number of rotatable bonds is 7. The molecule has 1 aromatic carbocycles. The van der Waals surface area contributed by atoms with E-state index in [-0.39, 0.29) is 30.0 Å². The summed E-state index contributed by atoms with van der Waals surface area (Å²) >= 11 is 0. The molecule has 2 aromatic heterocycles. The Hall–Kier alpha value is -2.47. The van der Waals surface area contributed by atoms with E-state index in [4.69, 9.17) is 9.15 Å². The van der Waals surface area contributed by atoms with Crippen LogP contribution < -0.4 is 10.6 Å². The van der Waals surface area contributed by atoms with Crippen molar-refractivity contribution >= 4 is 29.9 Å². The van der Waals surface area contributed by atoms with E-state index in [2.05, 4.69) is 49.7 Å². The average molecular weight is 551 g/mol. The van der Waals surface area contributed by atoms with Gasteiger partial charge in [-0.25, -0.2) is 14.6 Å². The Morgan fingerprint density at radius 3 is 2.84 bits per heavy atom. The van der Waals surface area contributed by atoms with Gasteiger partial charge in [-0.3, -0.25) is 4.99 Å². The zero-order chi connectivity index (χ0) is 21.6. The Kier molecular flexibility index (Phi) is 8.62. The van der Waals surface area contributed by atoms with Crippen molar-refractivity contribution in [1.29, 1.82) is 0 Å². The SMILES string of the molecule is CN=C(NCCc1coc(-c2ccc(C)cc2)n1)NC1CCc2nc(COC)nn2C1.I. The molecule has 0 radical (unpaired) electrons. The van der Waals surface area contributed by atoms with E-state index in [9.17, 15) is 0 Å². The van der Waals surface area contributed by atoms with Gasteiger partial charge in [0.05, 0.1) is 12.2 Å². The summed E-state index contributed by atoms with van der Waals surface area (Å²) in [5, 5.41) is 11.4. The van der Waals surface area contributed by atoms with Crippen LogP contribution >= 0.6 is 24.0 Å². The Labute approximate surface area is 205 Å². The number of aryl methyl sites for hydroxylation is 2. The molecule has 172 valence electrons. The minimum atomic E-state index is 0. The summed E-state index contributed by atoms with van der Waals surface area (Å²) in [5.41, 5.74) is 3.11. The minimum Gasteiger partial charge on any atom is -0.444 e. The number of guanidine groups is 1. The van der Waals surface area contributed by atoms with Crippen LogP contribution in [0.4, 0.5) is 0 Å². The second-order valence-electron chi connectivity index (χ2n) is 7.70. The molecule has 32 heavy (non-hydrogen) atoms. The molecule has 9 nitrogen and oxygen atoms in total. The maximum Gasteiger partial charge on any atom is 0.226 e. The van der Waals surface area contributed by atoms with Gasteiger partial charge in [-0.1, -0.05) is 17.7 Å². The Bertz CT molecular complexity index is 1030. The fourth-order valence-electron chi connectivity index (χ4n) is 3.62. The fourth-order valence-corrected chi connectivity index (χ4v) is 3.62. The predicted molar refractivity (Wildman–Crippen MR) is 133 cm³/mol. The lowest BCUT2D eigenvalue weighted by molar-refractivity contribution is 0.177. The molecular weight excluding hydrogens is 521 g/mol. The second kappa shape index (κ2) is 11.4. The van der Waals surface area contributed by atoms with E-state index in [1.54, 1.807) is 20.4 Å². The van der Waals surface area contributed by atoms with E-state index in [0.29, 0.717) is 19.0 Å². The van der Waals surface area contributed by atoms with Gasteiger partial charge in [0.2, 0.25) is 5.89 Å². The smallest absolute Gasteiger partial charge is 0.226 e. The Morgan fingerprint density at radius 1 is 1.28 bits per heavy atom. The van der Waals surface area contributed by atoms with Crippen molar-refractivity contribution in [2.24, 2.45) is 4.99 Å². The van der Waals surface area contributed by atoms with Gasteiger partial charge < -0.3 is 19.8 Å². The highest BCUT2D eigenvalue weighted by Crippen LogP contribution is 2.19. The molecule has 1 atom stereocenters. The number of halogens is 1. The van der Waals surface area contributed by atoms with Crippen LogP contribution in [-0.2, 0) is 30.7 Å². The van der Waals surface area contributed by atoms with E-state index in [1.807, 2.05) is 16.8 Å². The summed E-state index contributed by atoms with van der Waals surface area (Å²) in [4.78, 5) is 13.5. The molecule has 3 aromatic rings. The molecule has 0 amide bonds. The van der Waals surface area contributed by atoms with Crippen LogP contribution in [0.1, 0.15) is 29.3 Å². The topological polar surface area (TPSA) is 102 Å². The zero-order valence-electron chi connectivity index (χ0n) is 18.7. The van der Waals surface area contributed by atoms with Gasteiger partial charge in [0, 0.05) is 45.1 Å². The van der Waals surface area contributed by atoms with E-state index in [0.717, 1.165) is 54.7 Å². The number of oxazole rings is 1. The average Bonchev–Trinajstić information content (AvgIpc) is 3.40. The first-order valence-corrected chi connectivity index (χ1v) is 10.5. The van der Waals surface area contributed by atoms with Crippen LogP contribution in [0.5, 0.6) is 0 Å². The highest BCUT2D eigenvalue weighted by atomic mass is 127. The lowest BCUT2D eigenvalue weighted by Gasteiger charge is -2.25. The highest BCUT2D eigenvalue weighted by molar-refractivity contribution is 14.0. The quantitative estimate of drug-likeness (QED) is 0.265. The monoisotopic (exact) mass is 551 g/mol. The van der Waals surface area contributed by atoms with Crippen molar-refractivity contribution < 1.29 is 9.15 Å². The van der Waals surface area contributed by atoms with Gasteiger partial charge in [-0.05, 0) is 25.5 Å². The van der Waals surface area contributed by atoms with Crippen LogP contribution in [-0.4, -0.2) is 52.5 Å². The number of nitrogens with zero attached hydrogens (tertiary/aromatic N) is 5. The van der Waals surface area contributed by atoms with Crippen LogP contribution in [0.2, 0.25) is 0 Å². The van der Waals surface area contributed by atoms with Crippen molar-refractivity contribution in [3.05, 3.63) is 53.4 Å². The molecule has 0 spiro atoms. The summed E-state index contributed by atoms with van der Waals surface area (Å²) in [6, 6.07) is 8.41. The van der Waals surface area contributed by atoms with Crippen LogP contribution in [0, 0.1) is 6.92 Å². The molecule has 1 aliphatic rings. The number of fused-ring (bicyclic) bond motifs is 1. The summed E-state index contributed by atoms with van der Waals surface area (Å²) < 4.78 is 12.7. The molecule has 0 saturated heterocycles. The first kappa shape index (κ1) is 24.2. The zero-order valence-corrected chi connectivity index (χ0v) is 21.0. The maximum absolute atomic E-state index is 5.64. The fraction of sp³-hybridized carbons (Fsp3) is 0.455. The molecule has 3 heterocycles. The predicted octanol–water partition coefficient (Wildman–Crippen LogP) is 2.73. The lowest BCUT2D eigenvalue weighted by atomic mass is 10.1. The van der Waals surface area contributed by atoms with Gasteiger partial charge >= 0.3 is 0 Å². The van der Waals surface area contributed by atoms with Gasteiger partial charge in [0.15, 0.2) is 11.8 Å². The molecule has 0 bridgehead atoms. The number of aliphatic imine (C=N–C) groups is 1. The van der Waals surface area contributed by atoms with E-state index in [1.165, 1.54) is 5.56 Å². The minimum absolute atomic E-state index is 0. The molecule has 0 aliphatic carbocycles. The number of hydrogen-bond donors (Lipinski definition) is 2. The van der Waals surface area contributed by atoms with Crippen LogP contribution in [0.3, 0.4) is 0 Å². The van der Waals surface area contributed by atoms with Crippen molar-refractivity contribution in [3.8, 4) is 11.5 Å². The molecule has 2 N–H and O–H groups in total. The van der Waals surface area contributed by atoms with Crippen LogP contribution in [0.25, 0.3) is 11.5 Å². The molecule has 1 aliphatic heterocycles. The van der Waals surface area contributed by atoms with Gasteiger partial charge in [-0.2, -0.15) is 5.10 Å². The molecule has 0 saturated carbocycles. The normalized spacial score (nSPS) is 15.7. The molecule has 4 rings (SSSR count). The largest absolute Gasteiger partial charge is 0.444 e. The first-order valence-electron chi connectivity index (χ1n) is 10.5. The number of ether oxygens (including phenoxy) is 1. The number of hydrogen-bond acceptors (Lipinski definition) is 6. The lowest BCUT2D eigenvalue weighted by Crippen LogP contribution is -2.47.